The predicted octanol–water partition coefficient (Wildman–Crippen LogP) is 2.48. The zero-order chi connectivity index (χ0) is 11.9. The van der Waals surface area contributed by atoms with Crippen LogP contribution in [-0.2, 0) is 6.42 Å². The Kier molecular flexibility index (Phi) is 2.66. The van der Waals surface area contributed by atoms with Crippen molar-refractivity contribution in [2.24, 2.45) is 5.73 Å². The van der Waals surface area contributed by atoms with Crippen LogP contribution in [0, 0.1) is 6.92 Å². The van der Waals surface area contributed by atoms with Gasteiger partial charge in [-0.05, 0) is 51.0 Å². The van der Waals surface area contributed by atoms with Gasteiger partial charge in [-0.3, -0.25) is 0 Å². The van der Waals surface area contributed by atoms with Crippen LogP contribution in [0.5, 0.6) is 0 Å². The van der Waals surface area contributed by atoms with Crippen molar-refractivity contribution >= 4 is 0 Å². The summed E-state index contributed by atoms with van der Waals surface area (Å²) in [4.78, 5) is 9.19. The first kappa shape index (κ1) is 11.1. The smallest absolute Gasteiger partial charge is 0.131 e. The van der Waals surface area contributed by atoms with Gasteiger partial charge in [0.25, 0.3) is 0 Å². The molecule has 0 radical (unpaired) electrons. The maximum absolute atomic E-state index is 6.11. The Morgan fingerprint density at radius 3 is 2.71 bits per heavy atom. The molecule has 2 aliphatic carbocycles. The first-order valence-electron chi connectivity index (χ1n) is 6.78. The summed E-state index contributed by atoms with van der Waals surface area (Å²) in [5.74, 6) is 1.69. The lowest BCUT2D eigenvalue weighted by molar-refractivity contribution is 0.400. The molecule has 0 aromatic carbocycles. The number of nitrogens with zero attached hydrogens (tertiary/aromatic N) is 2. The van der Waals surface area contributed by atoms with E-state index in [0.29, 0.717) is 5.92 Å². The molecule has 92 valence electrons. The minimum absolute atomic E-state index is 0.138. The van der Waals surface area contributed by atoms with E-state index in [1.54, 1.807) is 0 Å². The van der Waals surface area contributed by atoms with Crippen molar-refractivity contribution in [1.82, 2.24) is 9.97 Å². The highest BCUT2D eigenvalue weighted by Crippen LogP contribution is 2.37. The van der Waals surface area contributed by atoms with E-state index in [2.05, 4.69) is 16.9 Å². The lowest BCUT2D eigenvalue weighted by Crippen LogP contribution is -2.22. The number of hydrogen-bond acceptors (Lipinski definition) is 3. The molecule has 0 spiro atoms. The number of nitrogens with two attached hydrogens (primary N) is 1. The minimum atomic E-state index is 0.138. The average molecular weight is 231 g/mol. The quantitative estimate of drug-likeness (QED) is 0.866. The van der Waals surface area contributed by atoms with Gasteiger partial charge in [0.05, 0.1) is 0 Å². The molecule has 1 heterocycles. The first-order chi connectivity index (χ1) is 8.16. The molecular formula is C14H21N3. The fourth-order valence-corrected chi connectivity index (χ4v) is 2.41. The van der Waals surface area contributed by atoms with Crippen LogP contribution >= 0.6 is 0 Å². The Morgan fingerprint density at radius 1 is 1.41 bits per heavy atom. The van der Waals surface area contributed by atoms with Gasteiger partial charge in [-0.2, -0.15) is 0 Å². The van der Waals surface area contributed by atoms with Gasteiger partial charge in [0, 0.05) is 23.3 Å². The van der Waals surface area contributed by atoms with E-state index >= 15 is 0 Å². The van der Waals surface area contributed by atoms with Gasteiger partial charge in [0.15, 0.2) is 0 Å². The molecule has 3 heteroatoms. The monoisotopic (exact) mass is 231 g/mol. The Bertz CT molecular complexity index is 419. The normalized spacial score (nSPS) is 22.2. The molecule has 2 N–H and O–H groups in total. The third-order valence-corrected chi connectivity index (χ3v) is 4.35. The third kappa shape index (κ3) is 2.34. The Labute approximate surface area is 103 Å². The summed E-state index contributed by atoms with van der Waals surface area (Å²) in [6, 6.07) is 0. The number of rotatable bonds is 4. The molecule has 3 rings (SSSR count). The third-order valence-electron chi connectivity index (χ3n) is 4.35. The van der Waals surface area contributed by atoms with Crippen molar-refractivity contribution in [1.29, 1.82) is 0 Å². The van der Waals surface area contributed by atoms with Crippen LogP contribution in [0.4, 0.5) is 0 Å². The molecule has 3 nitrogen and oxygen atoms in total. The van der Waals surface area contributed by atoms with E-state index in [0.717, 1.165) is 24.4 Å². The maximum Gasteiger partial charge on any atom is 0.131 e. The molecule has 2 aliphatic rings. The average Bonchev–Trinajstić information content (AvgIpc) is 2.93. The Morgan fingerprint density at radius 2 is 2.18 bits per heavy atom. The lowest BCUT2D eigenvalue weighted by atomic mass is 9.85. The largest absolute Gasteiger partial charge is 0.325 e. The fraction of sp³-hybridized carbons (Fsp3) is 0.714. The molecule has 0 unspecified atom stereocenters. The summed E-state index contributed by atoms with van der Waals surface area (Å²) in [7, 11) is 0. The molecule has 0 bridgehead atoms. The zero-order valence-electron chi connectivity index (χ0n) is 10.6. The molecule has 2 saturated carbocycles. The van der Waals surface area contributed by atoms with E-state index in [4.69, 9.17) is 5.73 Å². The van der Waals surface area contributed by atoms with Gasteiger partial charge in [-0.15, -0.1) is 0 Å². The standard InChI is InChI=1S/C14H21N3/c1-10-12(5-6-14(15)7-8-14)9-16-13(17-10)11-3-2-4-11/h9,11H,2-8,15H2,1H3. The Hall–Kier alpha value is -0.960. The van der Waals surface area contributed by atoms with Crippen LogP contribution in [0.25, 0.3) is 0 Å². The van der Waals surface area contributed by atoms with Crippen LogP contribution in [0.15, 0.2) is 6.20 Å². The van der Waals surface area contributed by atoms with Crippen LogP contribution in [0.1, 0.15) is 61.5 Å². The van der Waals surface area contributed by atoms with Gasteiger partial charge < -0.3 is 5.73 Å². The van der Waals surface area contributed by atoms with Gasteiger partial charge >= 0.3 is 0 Å². The predicted molar refractivity (Wildman–Crippen MR) is 67.8 cm³/mol. The molecule has 0 aliphatic heterocycles. The second kappa shape index (κ2) is 4.05. The second-order valence-electron chi connectivity index (χ2n) is 5.83. The van der Waals surface area contributed by atoms with E-state index < -0.39 is 0 Å². The topological polar surface area (TPSA) is 51.8 Å². The Balaban J connectivity index is 1.67. The van der Waals surface area contributed by atoms with E-state index in [9.17, 15) is 0 Å². The van der Waals surface area contributed by atoms with Crippen LogP contribution in [-0.4, -0.2) is 15.5 Å². The molecular weight excluding hydrogens is 210 g/mol. The zero-order valence-corrected chi connectivity index (χ0v) is 10.6. The second-order valence-corrected chi connectivity index (χ2v) is 5.83. The van der Waals surface area contributed by atoms with E-state index in [1.807, 2.05) is 6.20 Å². The SMILES string of the molecule is Cc1nc(C2CCC2)ncc1CCC1(N)CC1. The summed E-state index contributed by atoms with van der Waals surface area (Å²) in [6.07, 6.45) is 10.4. The highest BCUT2D eigenvalue weighted by molar-refractivity contribution is 5.19. The minimum Gasteiger partial charge on any atom is -0.325 e. The van der Waals surface area contributed by atoms with E-state index in [-0.39, 0.29) is 5.54 Å². The van der Waals surface area contributed by atoms with Crippen molar-refractivity contribution in [2.75, 3.05) is 0 Å². The van der Waals surface area contributed by atoms with Crippen molar-refractivity contribution in [3.63, 3.8) is 0 Å². The van der Waals surface area contributed by atoms with Crippen molar-refractivity contribution < 1.29 is 0 Å². The van der Waals surface area contributed by atoms with Crippen LogP contribution in [0.2, 0.25) is 0 Å². The number of aromatic nitrogens is 2. The summed E-state index contributed by atoms with van der Waals surface area (Å²) in [5.41, 5.74) is 8.69. The molecule has 1 aromatic rings. The first-order valence-corrected chi connectivity index (χ1v) is 6.78. The summed E-state index contributed by atoms with van der Waals surface area (Å²) >= 11 is 0. The highest BCUT2D eigenvalue weighted by atomic mass is 14.9. The molecule has 0 atom stereocenters. The molecule has 17 heavy (non-hydrogen) atoms. The van der Waals surface area contributed by atoms with Gasteiger partial charge in [0.2, 0.25) is 0 Å². The summed E-state index contributed by atoms with van der Waals surface area (Å²) in [5, 5.41) is 0. The molecule has 0 saturated heterocycles. The summed E-state index contributed by atoms with van der Waals surface area (Å²) in [6.45, 7) is 2.11. The van der Waals surface area contributed by atoms with Gasteiger partial charge in [-0.1, -0.05) is 6.42 Å². The number of hydrogen-bond donors (Lipinski definition) is 1. The summed E-state index contributed by atoms with van der Waals surface area (Å²) < 4.78 is 0. The van der Waals surface area contributed by atoms with Gasteiger partial charge in [-0.25, -0.2) is 9.97 Å². The fourth-order valence-electron chi connectivity index (χ4n) is 2.41. The van der Waals surface area contributed by atoms with Gasteiger partial charge in [0.1, 0.15) is 5.82 Å². The van der Waals surface area contributed by atoms with E-state index in [1.165, 1.54) is 37.7 Å². The van der Waals surface area contributed by atoms with Crippen molar-refractivity contribution in [2.45, 2.75) is 63.3 Å². The number of aryl methyl sites for hydroxylation is 2. The highest BCUT2D eigenvalue weighted by Gasteiger charge is 2.37. The molecule has 0 amide bonds. The van der Waals surface area contributed by atoms with Crippen molar-refractivity contribution in [3.8, 4) is 0 Å². The maximum atomic E-state index is 6.11. The molecule has 2 fully saturated rings. The van der Waals surface area contributed by atoms with Crippen LogP contribution in [0.3, 0.4) is 0 Å². The molecule has 1 aromatic heterocycles. The van der Waals surface area contributed by atoms with Crippen LogP contribution < -0.4 is 5.73 Å². The van der Waals surface area contributed by atoms with Crippen molar-refractivity contribution in [3.05, 3.63) is 23.3 Å². The lowest BCUT2D eigenvalue weighted by Gasteiger charge is -2.24.